The van der Waals surface area contributed by atoms with Crippen molar-refractivity contribution in [3.8, 4) is 11.1 Å². The zero-order valence-electron chi connectivity index (χ0n) is 14.0. The predicted molar refractivity (Wildman–Crippen MR) is 102 cm³/mol. The molecule has 5 heteroatoms. The van der Waals surface area contributed by atoms with Gasteiger partial charge < -0.3 is 5.73 Å². The van der Waals surface area contributed by atoms with Crippen molar-refractivity contribution in [2.75, 3.05) is 0 Å². The van der Waals surface area contributed by atoms with Crippen molar-refractivity contribution < 1.29 is 9.59 Å². The van der Waals surface area contributed by atoms with Crippen LogP contribution in [0, 0.1) is 0 Å². The maximum absolute atomic E-state index is 11.3. The lowest BCUT2D eigenvalue weighted by Crippen LogP contribution is -2.46. The summed E-state index contributed by atoms with van der Waals surface area (Å²) >= 11 is 3.26. The second-order valence-electron chi connectivity index (χ2n) is 5.22. The summed E-state index contributed by atoms with van der Waals surface area (Å²) in [5.41, 5.74) is 7.36. The average molecular weight is 391 g/mol. The number of urea groups is 1. The second kappa shape index (κ2) is 9.88. The number of hydrogen-bond donors (Lipinski definition) is 2. The number of carbonyl (C=O) groups excluding carboxylic acids is 2. The molecule has 0 aliphatic carbocycles. The fraction of sp³-hybridized carbons (Fsp3) is 0.263. The number of amides is 3. The molecule has 2 aromatic carbocycles. The largest absolute Gasteiger partial charge is 0.351 e. The maximum Gasteiger partial charge on any atom is 0.318 e. The highest BCUT2D eigenvalue weighted by molar-refractivity contribution is 9.10. The normalized spacial score (nSPS) is 10.3. The van der Waals surface area contributed by atoms with Crippen LogP contribution in [-0.2, 0) is 4.79 Å². The fourth-order valence-electron chi connectivity index (χ4n) is 2.06. The Morgan fingerprint density at radius 2 is 1.29 bits per heavy atom. The van der Waals surface area contributed by atoms with Crippen LogP contribution in [0.15, 0.2) is 60.7 Å². The molecule has 0 bridgehead atoms. The monoisotopic (exact) mass is 390 g/mol. The molecule has 24 heavy (non-hydrogen) atoms. The molecular formula is C19H23BrN2O2. The van der Waals surface area contributed by atoms with Crippen LogP contribution in [0.4, 0.5) is 4.79 Å². The van der Waals surface area contributed by atoms with Crippen LogP contribution in [0.2, 0.25) is 0 Å². The molecular weight excluding hydrogens is 368 g/mol. The fourth-order valence-corrected chi connectivity index (χ4v) is 2.16. The van der Waals surface area contributed by atoms with E-state index in [1.165, 1.54) is 11.1 Å². The van der Waals surface area contributed by atoms with Crippen molar-refractivity contribution in [3.63, 3.8) is 0 Å². The maximum atomic E-state index is 11.3. The summed E-state index contributed by atoms with van der Waals surface area (Å²) in [6.07, 6.45) is 1.23. The van der Waals surface area contributed by atoms with Gasteiger partial charge in [0.05, 0.1) is 0 Å². The number of halogens is 1. The van der Waals surface area contributed by atoms with Gasteiger partial charge in [-0.15, -0.1) is 0 Å². The third kappa shape index (κ3) is 6.16. The highest BCUT2D eigenvalue weighted by atomic mass is 79.9. The molecule has 128 valence electrons. The van der Waals surface area contributed by atoms with Gasteiger partial charge in [0.1, 0.15) is 4.32 Å². The number of benzene rings is 2. The van der Waals surface area contributed by atoms with E-state index in [9.17, 15) is 9.59 Å². The molecule has 0 aliphatic heterocycles. The molecule has 0 spiro atoms. The van der Waals surface area contributed by atoms with Crippen molar-refractivity contribution in [3.05, 3.63) is 60.7 Å². The van der Waals surface area contributed by atoms with Crippen molar-refractivity contribution in [2.45, 2.75) is 31.0 Å². The van der Waals surface area contributed by atoms with Crippen LogP contribution in [-0.4, -0.2) is 16.3 Å². The van der Waals surface area contributed by atoms with E-state index in [0.717, 1.165) is 0 Å². The zero-order chi connectivity index (χ0) is 18.0. The number of alkyl halides is 1. The Labute approximate surface area is 151 Å². The number of nitrogens with one attached hydrogen (secondary N) is 1. The van der Waals surface area contributed by atoms with Crippen LogP contribution in [0.1, 0.15) is 26.7 Å². The Hall–Kier alpha value is -2.14. The van der Waals surface area contributed by atoms with Gasteiger partial charge in [-0.25, -0.2) is 4.79 Å². The van der Waals surface area contributed by atoms with Gasteiger partial charge in [-0.1, -0.05) is 90.4 Å². The number of hydrogen-bond acceptors (Lipinski definition) is 2. The summed E-state index contributed by atoms with van der Waals surface area (Å²) < 4.78 is -0.665. The molecule has 0 fully saturated rings. The van der Waals surface area contributed by atoms with Crippen molar-refractivity contribution in [2.24, 2.45) is 5.73 Å². The number of carbonyl (C=O) groups is 2. The van der Waals surface area contributed by atoms with Gasteiger partial charge in [-0.05, 0) is 24.0 Å². The van der Waals surface area contributed by atoms with Crippen LogP contribution in [0.3, 0.4) is 0 Å². The molecule has 0 aliphatic rings. The molecule has 2 rings (SSSR count). The summed E-state index contributed by atoms with van der Waals surface area (Å²) in [4.78, 5) is 21.6. The lowest BCUT2D eigenvalue weighted by Gasteiger charge is -2.21. The highest BCUT2D eigenvalue weighted by Crippen LogP contribution is 2.26. The van der Waals surface area contributed by atoms with E-state index in [1.807, 2.05) is 31.3 Å². The number of rotatable bonds is 4. The van der Waals surface area contributed by atoms with Crippen LogP contribution >= 0.6 is 15.9 Å². The summed E-state index contributed by atoms with van der Waals surface area (Å²) in [5.74, 6) is -0.375. The van der Waals surface area contributed by atoms with Gasteiger partial charge in [0.25, 0.3) is 0 Å². The van der Waals surface area contributed by atoms with E-state index < -0.39 is 10.4 Å². The van der Waals surface area contributed by atoms with Crippen LogP contribution in [0.5, 0.6) is 0 Å². The predicted octanol–water partition coefficient (Wildman–Crippen LogP) is 4.49. The molecule has 0 atom stereocenters. The lowest BCUT2D eigenvalue weighted by atomic mass is 10.0. The van der Waals surface area contributed by atoms with E-state index in [2.05, 4.69) is 64.5 Å². The van der Waals surface area contributed by atoms with E-state index in [0.29, 0.717) is 12.8 Å². The van der Waals surface area contributed by atoms with Gasteiger partial charge in [-0.3, -0.25) is 10.1 Å². The SMILES string of the molecule is CCC(Br)(CC)C(=O)NC(N)=O.c1ccc(-c2ccccc2)cc1. The number of nitrogens with two attached hydrogens (primary N) is 1. The second-order valence-corrected chi connectivity index (χ2v) is 6.74. The third-order valence-electron chi connectivity index (χ3n) is 3.65. The topological polar surface area (TPSA) is 72.2 Å². The average Bonchev–Trinajstić information content (AvgIpc) is 2.62. The minimum Gasteiger partial charge on any atom is -0.351 e. The standard InChI is InChI=1S/C12H10.C7H13BrN2O2/c1-3-7-11(8-4-1)12-9-5-2-6-10-12;1-3-7(8,4-2)5(11)10-6(9)12/h1-10H;3-4H2,1-2H3,(H3,9,10,11,12). The van der Waals surface area contributed by atoms with Gasteiger partial charge in [0.2, 0.25) is 5.91 Å². The Morgan fingerprint density at radius 1 is 0.917 bits per heavy atom. The Kier molecular flexibility index (Phi) is 8.19. The minimum atomic E-state index is -0.814. The van der Waals surface area contributed by atoms with E-state index in [-0.39, 0.29) is 5.91 Å². The van der Waals surface area contributed by atoms with Crippen molar-refractivity contribution in [1.82, 2.24) is 5.32 Å². The highest BCUT2D eigenvalue weighted by Gasteiger charge is 2.32. The molecule has 2 aromatic rings. The first-order valence-corrected chi connectivity index (χ1v) is 8.62. The van der Waals surface area contributed by atoms with Gasteiger partial charge >= 0.3 is 6.03 Å². The van der Waals surface area contributed by atoms with Gasteiger partial charge in [0, 0.05) is 0 Å². The molecule has 3 amide bonds. The number of primary amides is 1. The van der Waals surface area contributed by atoms with E-state index >= 15 is 0 Å². The first-order chi connectivity index (χ1) is 11.4. The first kappa shape index (κ1) is 19.9. The molecule has 0 aromatic heterocycles. The van der Waals surface area contributed by atoms with Crippen molar-refractivity contribution in [1.29, 1.82) is 0 Å². The van der Waals surface area contributed by atoms with Crippen LogP contribution < -0.4 is 11.1 Å². The molecule has 0 unspecified atom stereocenters. The summed E-state index contributed by atoms with van der Waals surface area (Å²) in [5, 5.41) is 2.04. The van der Waals surface area contributed by atoms with Crippen molar-refractivity contribution >= 4 is 27.9 Å². The molecule has 0 heterocycles. The third-order valence-corrected chi connectivity index (χ3v) is 5.13. The summed E-state index contributed by atoms with van der Waals surface area (Å²) in [7, 11) is 0. The minimum absolute atomic E-state index is 0.375. The summed E-state index contributed by atoms with van der Waals surface area (Å²) in [6, 6.07) is 20.0. The Balaban J connectivity index is 0.000000240. The van der Waals surface area contributed by atoms with E-state index in [4.69, 9.17) is 5.73 Å². The van der Waals surface area contributed by atoms with Gasteiger partial charge in [0.15, 0.2) is 0 Å². The zero-order valence-corrected chi connectivity index (χ0v) is 15.5. The molecule has 0 saturated heterocycles. The smallest absolute Gasteiger partial charge is 0.318 e. The quantitative estimate of drug-likeness (QED) is 0.754. The summed E-state index contributed by atoms with van der Waals surface area (Å²) in [6.45, 7) is 3.72. The molecule has 0 radical (unpaired) electrons. The van der Waals surface area contributed by atoms with Crippen LogP contribution in [0.25, 0.3) is 11.1 Å². The first-order valence-electron chi connectivity index (χ1n) is 7.83. The molecule has 0 saturated carbocycles. The van der Waals surface area contributed by atoms with Gasteiger partial charge in [-0.2, -0.15) is 0 Å². The van der Waals surface area contributed by atoms with E-state index in [1.54, 1.807) is 0 Å². The number of imide groups is 1. The Bertz CT molecular complexity index is 603. The molecule has 3 N–H and O–H groups in total. The molecule has 4 nitrogen and oxygen atoms in total. The Morgan fingerprint density at radius 3 is 1.58 bits per heavy atom. The lowest BCUT2D eigenvalue weighted by molar-refractivity contribution is -0.122.